The van der Waals surface area contributed by atoms with Crippen LogP contribution in [0.3, 0.4) is 0 Å². The summed E-state index contributed by atoms with van der Waals surface area (Å²) in [6, 6.07) is 9.57. The summed E-state index contributed by atoms with van der Waals surface area (Å²) in [5, 5.41) is 1.69. The average Bonchev–Trinajstić information content (AvgIpc) is 2.82. The van der Waals surface area contributed by atoms with Gasteiger partial charge in [0.05, 0.1) is 0 Å². The number of fused-ring (bicyclic) bond motifs is 1. The minimum atomic E-state index is 0.0451. The molecule has 1 saturated carbocycles. The number of rotatable bonds is 2. The van der Waals surface area contributed by atoms with Gasteiger partial charge in [-0.1, -0.05) is 38.0 Å². The molecule has 1 aliphatic rings. The molecule has 3 rings (SSSR count). The van der Waals surface area contributed by atoms with E-state index >= 15 is 0 Å². The van der Waals surface area contributed by atoms with Gasteiger partial charge in [-0.3, -0.25) is 9.36 Å². The topological polar surface area (TPSA) is 48.0 Å². The van der Waals surface area contributed by atoms with Crippen molar-refractivity contribution >= 4 is 16.6 Å². The van der Waals surface area contributed by atoms with Crippen molar-refractivity contribution in [1.29, 1.82) is 0 Å². The van der Waals surface area contributed by atoms with Crippen molar-refractivity contribution in [3.05, 3.63) is 40.7 Å². The Hall–Kier alpha value is -1.77. The number of hydrogen-bond donors (Lipinski definition) is 1. The molecular weight excluding hydrogens is 236 g/mol. The van der Waals surface area contributed by atoms with Gasteiger partial charge in [0.25, 0.3) is 5.56 Å². The van der Waals surface area contributed by atoms with Crippen LogP contribution in [0, 0.1) is 5.41 Å². The molecule has 3 nitrogen and oxygen atoms in total. The molecule has 1 aliphatic carbocycles. The first kappa shape index (κ1) is 12.3. The van der Waals surface area contributed by atoms with Crippen molar-refractivity contribution in [2.45, 2.75) is 39.2 Å². The van der Waals surface area contributed by atoms with Gasteiger partial charge in [0.1, 0.15) is 5.82 Å². The van der Waals surface area contributed by atoms with E-state index < -0.39 is 0 Å². The Kier molecular flexibility index (Phi) is 2.85. The lowest BCUT2D eigenvalue weighted by atomic mass is 9.88. The van der Waals surface area contributed by atoms with Crippen LogP contribution in [0.25, 0.3) is 10.8 Å². The highest BCUT2D eigenvalue weighted by atomic mass is 16.1. The monoisotopic (exact) mass is 256 g/mol. The first-order valence-electron chi connectivity index (χ1n) is 6.97. The maximum Gasteiger partial charge on any atom is 0.259 e. The Labute approximate surface area is 113 Å². The molecule has 0 unspecified atom stereocenters. The third-order valence-corrected chi connectivity index (χ3v) is 4.40. The third-order valence-electron chi connectivity index (χ3n) is 4.40. The highest BCUT2D eigenvalue weighted by Gasteiger charge is 2.30. The maximum atomic E-state index is 12.6. The third kappa shape index (κ3) is 2.14. The second kappa shape index (κ2) is 4.41. The normalized spacial score (nSPS) is 17.9. The van der Waals surface area contributed by atoms with E-state index in [2.05, 4.69) is 6.92 Å². The number of benzene rings is 1. The van der Waals surface area contributed by atoms with E-state index in [0.717, 1.165) is 17.3 Å². The molecule has 0 amide bonds. The molecule has 2 aromatic rings. The van der Waals surface area contributed by atoms with Crippen LogP contribution in [0.2, 0.25) is 0 Å². The van der Waals surface area contributed by atoms with Crippen molar-refractivity contribution in [3.63, 3.8) is 0 Å². The lowest BCUT2D eigenvalue weighted by Crippen LogP contribution is -2.30. The Morgan fingerprint density at radius 3 is 2.68 bits per heavy atom. The van der Waals surface area contributed by atoms with Crippen molar-refractivity contribution in [2.75, 3.05) is 5.73 Å². The minimum absolute atomic E-state index is 0.0451. The highest BCUT2D eigenvalue weighted by molar-refractivity contribution is 5.83. The molecular formula is C16H20N2O. The number of aromatic nitrogens is 1. The van der Waals surface area contributed by atoms with E-state index in [1.165, 1.54) is 25.7 Å². The van der Waals surface area contributed by atoms with Crippen molar-refractivity contribution in [2.24, 2.45) is 5.41 Å². The van der Waals surface area contributed by atoms with Crippen LogP contribution < -0.4 is 11.3 Å². The van der Waals surface area contributed by atoms with Gasteiger partial charge in [0, 0.05) is 11.9 Å². The average molecular weight is 256 g/mol. The van der Waals surface area contributed by atoms with Crippen LogP contribution in [0.4, 0.5) is 5.82 Å². The molecule has 2 N–H and O–H groups in total. The fourth-order valence-electron chi connectivity index (χ4n) is 3.25. The molecule has 0 bridgehead atoms. The molecule has 0 spiro atoms. The number of nitrogens with zero attached hydrogens (tertiary/aromatic N) is 1. The van der Waals surface area contributed by atoms with Crippen LogP contribution >= 0.6 is 0 Å². The van der Waals surface area contributed by atoms with E-state index in [4.69, 9.17) is 5.73 Å². The highest BCUT2D eigenvalue weighted by Crippen LogP contribution is 2.39. The van der Waals surface area contributed by atoms with E-state index in [1.807, 2.05) is 30.3 Å². The number of pyridine rings is 1. The molecule has 1 heterocycles. The summed E-state index contributed by atoms with van der Waals surface area (Å²) < 4.78 is 1.76. The van der Waals surface area contributed by atoms with E-state index in [9.17, 15) is 4.79 Å². The predicted octanol–water partition coefficient (Wildman–Crippen LogP) is 3.16. The first-order valence-corrected chi connectivity index (χ1v) is 6.97. The number of nitrogens with two attached hydrogens (primary N) is 1. The van der Waals surface area contributed by atoms with Gasteiger partial charge in [-0.25, -0.2) is 0 Å². The molecule has 0 aliphatic heterocycles. The zero-order valence-corrected chi connectivity index (χ0v) is 11.4. The smallest absolute Gasteiger partial charge is 0.259 e. The predicted molar refractivity (Wildman–Crippen MR) is 79.2 cm³/mol. The quantitative estimate of drug-likeness (QED) is 0.897. The molecule has 1 aromatic carbocycles. The van der Waals surface area contributed by atoms with Gasteiger partial charge in [-0.05, 0) is 35.8 Å². The fourth-order valence-corrected chi connectivity index (χ4v) is 3.25. The largest absolute Gasteiger partial charge is 0.385 e. The van der Waals surface area contributed by atoms with Gasteiger partial charge in [0.2, 0.25) is 0 Å². The summed E-state index contributed by atoms with van der Waals surface area (Å²) >= 11 is 0. The second-order valence-corrected chi connectivity index (χ2v) is 6.07. The second-order valence-electron chi connectivity index (χ2n) is 6.07. The van der Waals surface area contributed by atoms with Crippen LogP contribution in [0.5, 0.6) is 0 Å². The van der Waals surface area contributed by atoms with E-state index in [0.29, 0.717) is 5.82 Å². The summed E-state index contributed by atoms with van der Waals surface area (Å²) in [6.07, 6.45) is 4.90. The van der Waals surface area contributed by atoms with Gasteiger partial charge >= 0.3 is 0 Å². The maximum absolute atomic E-state index is 12.6. The summed E-state index contributed by atoms with van der Waals surface area (Å²) in [5.41, 5.74) is 6.36. The minimum Gasteiger partial charge on any atom is -0.385 e. The summed E-state index contributed by atoms with van der Waals surface area (Å²) in [5.74, 6) is 0.580. The number of anilines is 1. The molecule has 19 heavy (non-hydrogen) atoms. The zero-order valence-electron chi connectivity index (χ0n) is 11.4. The van der Waals surface area contributed by atoms with Crippen LogP contribution in [-0.2, 0) is 6.54 Å². The van der Waals surface area contributed by atoms with Gasteiger partial charge in [0.15, 0.2) is 0 Å². The summed E-state index contributed by atoms with van der Waals surface area (Å²) in [4.78, 5) is 12.6. The van der Waals surface area contributed by atoms with Crippen molar-refractivity contribution in [1.82, 2.24) is 4.57 Å². The Morgan fingerprint density at radius 1 is 1.26 bits per heavy atom. The van der Waals surface area contributed by atoms with Gasteiger partial charge in [-0.15, -0.1) is 0 Å². The number of nitrogen functional groups attached to an aromatic ring is 1. The molecule has 3 heteroatoms. The van der Waals surface area contributed by atoms with E-state index in [1.54, 1.807) is 4.57 Å². The van der Waals surface area contributed by atoms with Crippen LogP contribution in [0.15, 0.2) is 35.1 Å². The van der Waals surface area contributed by atoms with E-state index in [-0.39, 0.29) is 11.0 Å². The SMILES string of the molecule is CC1(Cn2c(N)cc3ccccc3c2=O)CCCC1. The van der Waals surface area contributed by atoms with Gasteiger partial charge in [-0.2, -0.15) is 0 Å². The Morgan fingerprint density at radius 2 is 1.95 bits per heavy atom. The Bertz CT molecular complexity index is 666. The molecule has 0 atom stereocenters. The Balaban J connectivity index is 2.11. The lowest BCUT2D eigenvalue weighted by Gasteiger charge is -2.25. The van der Waals surface area contributed by atoms with Crippen LogP contribution in [-0.4, -0.2) is 4.57 Å². The number of hydrogen-bond acceptors (Lipinski definition) is 2. The standard InChI is InChI=1S/C16H20N2O/c1-16(8-4-5-9-16)11-18-14(17)10-12-6-2-3-7-13(12)15(18)19/h2-3,6-7,10H,4-5,8-9,11,17H2,1H3. The summed E-state index contributed by atoms with van der Waals surface area (Å²) in [7, 11) is 0. The zero-order chi connectivity index (χ0) is 13.5. The molecule has 0 saturated heterocycles. The molecule has 1 fully saturated rings. The van der Waals surface area contributed by atoms with Crippen molar-refractivity contribution in [3.8, 4) is 0 Å². The van der Waals surface area contributed by atoms with Crippen molar-refractivity contribution < 1.29 is 0 Å². The molecule has 1 aromatic heterocycles. The molecule has 0 radical (unpaired) electrons. The lowest BCUT2D eigenvalue weighted by molar-refractivity contribution is 0.280. The summed E-state index contributed by atoms with van der Waals surface area (Å²) in [6.45, 7) is 3.00. The van der Waals surface area contributed by atoms with Gasteiger partial charge < -0.3 is 5.73 Å². The fraction of sp³-hybridized carbons (Fsp3) is 0.438. The first-order chi connectivity index (χ1) is 9.09. The van der Waals surface area contributed by atoms with Crippen LogP contribution in [0.1, 0.15) is 32.6 Å². The molecule has 100 valence electrons.